The highest BCUT2D eigenvalue weighted by molar-refractivity contribution is 14.0. The summed E-state index contributed by atoms with van der Waals surface area (Å²) in [5.41, 5.74) is 0. The predicted octanol–water partition coefficient (Wildman–Crippen LogP) is 1.97. The summed E-state index contributed by atoms with van der Waals surface area (Å²) in [6.45, 7) is 11.0. The maximum Gasteiger partial charge on any atom is 0.191 e. The first-order valence-corrected chi connectivity index (χ1v) is 9.34. The highest BCUT2D eigenvalue weighted by atomic mass is 127. The van der Waals surface area contributed by atoms with Gasteiger partial charge in [-0.15, -0.1) is 24.0 Å². The van der Waals surface area contributed by atoms with E-state index in [-0.39, 0.29) is 30.1 Å². The molecule has 1 aliphatic rings. The third-order valence-corrected chi connectivity index (χ3v) is 4.07. The Kier molecular flexibility index (Phi) is 12.2. The molecule has 1 fully saturated rings. The molecule has 2 rings (SSSR count). The van der Waals surface area contributed by atoms with Gasteiger partial charge in [-0.05, 0) is 38.1 Å². The number of ether oxygens (including phenoxy) is 3. The smallest absolute Gasteiger partial charge is 0.191 e. The second-order valence-electron chi connectivity index (χ2n) is 6.20. The first kappa shape index (κ1) is 23.8. The van der Waals surface area contributed by atoms with Gasteiger partial charge < -0.3 is 24.8 Å². The highest BCUT2D eigenvalue weighted by Gasteiger charge is 2.10. The van der Waals surface area contributed by atoms with Crippen molar-refractivity contribution in [2.45, 2.75) is 20.0 Å². The molecular formula is C19H33IN4O3. The van der Waals surface area contributed by atoms with Crippen LogP contribution in [-0.4, -0.2) is 76.6 Å². The van der Waals surface area contributed by atoms with Crippen LogP contribution in [0.15, 0.2) is 29.3 Å². The van der Waals surface area contributed by atoms with Crippen molar-refractivity contribution in [3.05, 3.63) is 24.3 Å². The minimum atomic E-state index is -0.0157. The Morgan fingerprint density at radius 3 is 2.48 bits per heavy atom. The Labute approximate surface area is 179 Å². The van der Waals surface area contributed by atoms with Crippen LogP contribution in [0.1, 0.15) is 13.8 Å². The fraction of sp³-hybridized carbons (Fsp3) is 0.632. The summed E-state index contributed by atoms with van der Waals surface area (Å²) in [5, 5.41) is 6.66. The second-order valence-corrected chi connectivity index (χ2v) is 6.20. The molecule has 1 heterocycles. The first-order chi connectivity index (χ1) is 12.7. The number of nitrogens with zero attached hydrogens (tertiary/aromatic N) is 2. The summed E-state index contributed by atoms with van der Waals surface area (Å²) in [5.74, 6) is 2.46. The lowest BCUT2D eigenvalue weighted by atomic mass is 10.3. The number of rotatable bonds is 9. The zero-order valence-corrected chi connectivity index (χ0v) is 18.9. The molecule has 7 nitrogen and oxygen atoms in total. The van der Waals surface area contributed by atoms with E-state index >= 15 is 0 Å². The number of aliphatic imine (C=N–C) groups is 1. The Balaban J connectivity index is 0.00000364. The van der Waals surface area contributed by atoms with E-state index in [1.54, 1.807) is 7.11 Å². The average Bonchev–Trinajstić information content (AvgIpc) is 2.67. The number of hydrogen-bond acceptors (Lipinski definition) is 5. The molecule has 8 heteroatoms. The number of morpholine rings is 1. The van der Waals surface area contributed by atoms with Gasteiger partial charge in [-0.3, -0.25) is 4.90 Å². The first-order valence-electron chi connectivity index (χ1n) is 9.34. The SMILES string of the molecule is CCNC(=NCC(C)Oc1ccc(OC)cc1)NCCN1CCOCC1.I. The predicted molar refractivity (Wildman–Crippen MR) is 120 cm³/mol. The largest absolute Gasteiger partial charge is 0.497 e. The molecule has 27 heavy (non-hydrogen) atoms. The van der Waals surface area contributed by atoms with Crippen LogP contribution in [0.25, 0.3) is 0 Å². The molecule has 1 aromatic rings. The number of hydrogen-bond donors (Lipinski definition) is 2. The number of halogens is 1. The third-order valence-electron chi connectivity index (χ3n) is 4.07. The van der Waals surface area contributed by atoms with Crippen molar-refractivity contribution in [3.63, 3.8) is 0 Å². The van der Waals surface area contributed by atoms with Crippen molar-refractivity contribution < 1.29 is 14.2 Å². The van der Waals surface area contributed by atoms with Crippen LogP contribution in [0.2, 0.25) is 0 Å². The fourth-order valence-electron chi connectivity index (χ4n) is 2.64. The van der Waals surface area contributed by atoms with Gasteiger partial charge in [0.15, 0.2) is 5.96 Å². The van der Waals surface area contributed by atoms with E-state index in [1.165, 1.54) is 0 Å². The molecule has 1 aromatic carbocycles. The molecule has 0 radical (unpaired) electrons. The molecule has 0 aromatic heterocycles. The quantitative estimate of drug-likeness (QED) is 0.312. The molecular weight excluding hydrogens is 459 g/mol. The van der Waals surface area contributed by atoms with Gasteiger partial charge >= 0.3 is 0 Å². The summed E-state index contributed by atoms with van der Waals surface area (Å²) in [6.07, 6.45) is -0.0157. The Morgan fingerprint density at radius 2 is 1.85 bits per heavy atom. The van der Waals surface area contributed by atoms with Gasteiger partial charge in [0, 0.05) is 32.7 Å². The number of benzene rings is 1. The normalized spacial score (nSPS) is 16.2. The van der Waals surface area contributed by atoms with Crippen LogP contribution in [0.5, 0.6) is 11.5 Å². The molecule has 0 spiro atoms. The van der Waals surface area contributed by atoms with E-state index in [0.29, 0.717) is 6.54 Å². The van der Waals surface area contributed by atoms with Crippen molar-refractivity contribution in [1.29, 1.82) is 0 Å². The molecule has 1 aliphatic heterocycles. The van der Waals surface area contributed by atoms with E-state index in [9.17, 15) is 0 Å². The minimum absolute atomic E-state index is 0. The van der Waals surface area contributed by atoms with E-state index in [4.69, 9.17) is 14.2 Å². The van der Waals surface area contributed by atoms with Crippen LogP contribution < -0.4 is 20.1 Å². The van der Waals surface area contributed by atoms with E-state index in [0.717, 1.165) is 63.4 Å². The standard InChI is InChI=1S/C19H32N4O3.HI/c1-4-20-19(21-9-10-23-11-13-25-14-12-23)22-15-16(2)26-18-7-5-17(24-3)6-8-18;/h5-8,16H,4,9-15H2,1-3H3,(H2,20,21,22);1H. The lowest BCUT2D eigenvalue weighted by Crippen LogP contribution is -2.44. The summed E-state index contributed by atoms with van der Waals surface area (Å²) in [7, 11) is 1.65. The van der Waals surface area contributed by atoms with E-state index in [1.807, 2.05) is 31.2 Å². The highest BCUT2D eigenvalue weighted by Crippen LogP contribution is 2.18. The zero-order chi connectivity index (χ0) is 18.6. The summed E-state index contributed by atoms with van der Waals surface area (Å²) < 4.78 is 16.4. The molecule has 0 bridgehead atoms. The number of nitrogens with one attached hydrogen (secondary N) is 2. The summed E-state index contributed by atoms with van der Waals surface area (Å²) in [6, 6.07) is 7.60. The molecule has 1 unspecified atom stereocenters. The van der Waals surface area contributed by atoms with Crippen LogP contribution >= 0.6 is 24.0 Å². The van der Waals surface area contributed by atoms with Crippen LogP contribution in [0.4, 0.5) is 0 Å². The van der Waals surface area contributed by atoms with Crippen LogP contribution in [0.3, 0.4) is 0 Å². The van der Waals surface area contributed by atoms with Gasteiger partial charge in [-0.2, -0.15) is 0 Å². The van der Waals surface area contributed by atoms with E-state index < -0.39 is 0 Å². The van der Waals surface area contributed by atoms with Gasteiger partial charge in [0.25, 0.3) is 0 Å². The van der Waals surface area contributed by atoms with Crippen LogP contribution in [0, 0.1) is 0 Å². The molecule has 1 saturated heterocycles. The van der Waals surface area contributed by atoms with E-state index in [2.05, 4.69) is 27.4 Å². The lowest BCUT2D eigenvalue weighted by Gasteiger charge is -2.26. The maximum absolute atomic E-state index is 5.90. The van der Waals surface area contributed by atoms with Gasteiger partial charge in [0.2, 0.25) is 0 Å². The fourth-order valence-corrected chi connectivity index (χ4v) is 2.64. The maximum atomic E-state index is 5.90. The van der Waals surface area contributed by atoms with Gasteiger partial charge in [0.1, 0.15) is 17.6 Å². The minimum Gasteiger partial charge on any atom is -0.497 e. The zero-order valence-electron chi connectivity index (χ0n) is 16.6. The third kappa shape index (κ3) is 9.48. The molecule has 0 aliphatic carbocycles. The van der Waals surface area contributed by atoms with Crippen LogP contribution in [-0.2, 0) is 4.74 Å². The summed E-state index contributed by atoms with van der Waals surface area (Å²) >= 11 is 0. The van der Waals surface area contributed by atoms with Crippen molar-refractivity contribution in [3.8, 4) is 11.5 Å². The monoisotopic (exact) mass is 492 g/mol. The van der Waals surface area contributed by atoms with Gasteiger partial charge in [-0.25, -0.2) is 4.99 Å². The average molecular weight is 492 g/mol. The molecule has 0 saturated carbocycles. The second kappa shape index (κ2) is 13.8. The Hall–Kier alpha value is -1.26. The molecule has 154 valence electrons. The van der Waals surface area contributed by atoms with Crippen molar-refractivity contribution in [2.24, 2.45) is 4.99 Å². The summed E-state index contributed by atoms with van der Waals surface area (Å²) in [4.78, 5) is 7.03. The lowest BCUT2D eigenvalue weighted by molar-refractivity contribution is 0.0389. The van der Waals surface area contributed by atoms with Crippen molar-refractivity contribution >= 4 is 29.9 Å². The molecule has 0 amide bonds. The molecule has 2 N–H and O–H groups in total. The Bertz CT molecular complexity index is 536. The van der Waals surface area contributed by atoms with Gasteiger partial charge in [0.05, 0.1) is 26.9 Å². The Morgan fingerprint density at radius 1 is 1.19 bits per heavy atom. The number of methoxy groups -OCH3 is 1. The number of guanidine groups is 1. The van der Waals surface area contributed by atoms with Crippen molar-refractivity contribution in [1.82, 2.24) is 15.5 Å². The van der Waals surface area contributed by atoms with Crippen molar-refractivity contribution in [2.75, 3.05) is 59.6 Å². The topological polar surface area (TPSA) is 67.4 Å². The molecule has 1 atom stereocenters. The van der Waals surface area contributed by atoms with Gasteiger partial charge in [-0.1, -0.05) is 0 Å².